The van der Waals surface area contributed by atoms with Gasteiger partial charge in [-0.2, -0.15) is 0 Å². The molecular weight excluding hydrogens is 387 g/mol. The van der Waals surface area contributed by atoms with Crippen LogP contribution in [0.1, 0.15) is 40.9 Å². The number of ether oxygens (including phenoxy) is 1. The summed E-state index contributed by atoms with van der Waals surface area (Å²) >= 11 is 0. The van der Waals surface area contributed by atoms with E-state index in [0.717, 1.165) is 11.6 Å². The van der Waals surface area contributed by atoms with Crippen molar-refractivity contribution in [2.24, 2.45) is 0 Å². The number of nitrogens with one attached hydrogen (secondary N) is 1. The van der Waals surface area contributed by atoms with Gasteiger partial charge in [-0.25, -0.2) is 9.37 Å². The van der Waals surface area contributed by atoms with Crippen molar-refractivity contribution in [2.75, 3.05) is 6.54 Å². The Kier molecular flexibility index (Phi) is 6.95. The molecule has 6 nitrogen and oxygen atoms in total. The molecule has 0 aliphatic rings. The first-order chi connectivity index (χ1) is 14.5. The predicted octanol–water partition coefficient (Wildman–Crippen LogP) is 4.21. The van der Waals surface area contributed by atoms with Gasteiger partial charge >= 0.3 is 5.97 Å². The van der Waals surface area contributed by atoms with Crippen LogP contribution in [0.25, 0.3) is 11.3 Å². The third kappa shape index (κ3) is 5.53. The van der Waals surface area contributed by atoms with Gasteiger partial charge in [-0.3, -0.25) is 9.59 Å². The van der Waals surface area contributed by atoms with Crippen LogP contribution in [0.3, 0.4) is 0 Å². The number of carbonyl (C=O) groups excluding carboxylic acids is 2. The third-order valence-electron chi connectivity index (χ3n) is 4.42. The van der Waals surface area contributed by atoms with Crippen LogP contribution in [0, 0.1) is 12.7 Å². The van der Waals surface area contributed by atoms with Crippen molar-refractivity contribution in [2.45, 2.75) is 33.3 Å². The summed E-state index contributed by atoms with van der Waals surface area (Å²) in [5.74, 6) is -0.542. The summed E-state index contributed by atoms with van der Waals surface area (Å²) in [6.07, 6.45) is 0.637. The second-order valence-electron chi connectivity index (χ2n) is 6.74. The maximum absolute atomic E-state index is 14.1. The minimum absolute atomic E-state index is 0.0159. The average Bonchev–Trinajstić information content (AvgIpc) is 3.13. The molecule has 0 bridgehead atoms. The summed E-state index contributed by atoms with van der Waals surface area (Å²) in [6.45, 7) is 3.90. The predicted molar refractivity (Wildman–Crippen MR) is 109 cm³/mol. The highest BCUT2D eigenvalue weighted by molar-refractivity contribution is 5.95. The summed E-state index contributed by atoms with van der Waals surface area (Å²) in [5.41, 5.74) is 2.17. The Balaban J connectivity index is 1.57. The number of aromatic nitrogens is 1. The second-order valence-corrected chi connectivity index (χ2v) is 6.74. The molecule has 156 valence electrons. The first kappa shape index (κ1) is 21.2. The van der Waals surface area contributed by atoms with Crippen molar-refractivity contribution >= 4 is 11.9 Å². The zero-order valence-corrected chi connectivity index (χ0v) is 16.9. The fraction of sp³-hybridized carbons (Fsp3) is 0.261. The van der Waals surface area contributed by atoms with E-state index >= 15 is 0 Å². The third-order valence-corrected chi connectivity index (χ3v) is 4.42. The summed E-state index contributed by atoms with van der Waals surface area (Å²) in [4.78, 5) is 28.5. The van der Waals surface area contributed by atoms with Crippen LogP contribution in [0.4, 0.5) is 4.39 Å². The van der Waals surface area contributed by atoms with Gasteiger partial charge in [-0.15, -0.1) is 0 Å². The SMILES string of the molecule is CCc1nc(C)oc1-c1cc(F)cc(C(=O)NCCC(=O)OCc2ccccc2)c1. The molecule has 0 saturated heterocycles. The molecule has 0 atom stereocenters. The number of hydrogen-bond acceptors (Lipinski definition) is 5. The number of benzene rings is 2. The molecular formula is C23H23FN2O4. The van der Waals surface area contributed by atoms with E-state index in [9.17, 15) is 14.0 Å². The van der Waals surface area contributed by atoms with Crippen molar-refractivity contribution in [3.05, 3.63) is 77.1 Å². The molecule has 2 aromatic carbocycles. The van der Waals surface area contributed by atoms with Crippen molar-refractivity contribution in [1.29, 1.82) is 0 Å². The van der Waals surface area contributed by atoms with Gasteiger partial charge < -0.3 is 14.5 Å². The van der Waals surface area contributed by atoms with Crippen LogP contribution in [0.2, 0.25) is 0 Å². The Hall–Kier alpha value is -3.48. The standard InChI is InChI=1S/C23H23FN2O4/c1-3-20-22(30-15(2)26-20)17-11-18(13-19(24)12-17)23(28)25-10-9-21(27)29-14-16-7-5-4-6-8-16/h4-8,11-13H,3,9-10,14H2,1-2H3,(H,25,28). The van der Waals surface area contributed by atoms with Crippen molar-refractivity contribution in [1.82, 2.24) is 10.3 Å². The van der Waals surface area contributed by atoms with Gasteiger partial charge in [0.15, 0.2) is 11.7 Å². The number of nitrogens with zero attached hydrogens (tertiary/aromatic N) is 1. The van der Waals surface area contributed by atoms with E-state index in [4.69, 9.17) is 9.15 Å². The average molecular weight is 410 g/mol. The summed E-state index contributed by atoms with van der Waals surface area (Å²) < 4.78 is 24.9. The van der Waals surface area contributed by atoms with Crippen molar-refractivity contribution in [3.63, 3.8) is 0 Å². The van der Waals surface area contributed by atoms with Crippen LogP contribution in [-0.4, -0.2) is 23.4 Å². The number of hydrogen-bond donors (Lipinski definition) is 1. The molecule has 7 heteroatoms. The largest absolute Gasteiger partial charge is 0.461 e. The number of amides is 1. The number of oxazole rings is 1. The number of aryl methyl sites for hydroxylation is 2. The monoisotopic (exact) mass is 410 g/mol. The molecule has 0 fully saturated rings. The van der Waals surface area contributed by atoms with Crippen molar-refractivity contribution < 1.29 is 23.1 Å². The maximum atomic E-state index is 14.1. The molecule has 3 rings (SSSR count). The minimum Gasteiger partial charge on any atom is -0.461 e. The Morgan fingerprint density at radius 3 is 2.67 bits per heavy atom. The lowest BCUT2D eigenvalue weighted by atomic mass is 10.1. The van der Waals surface area contributed by atoms with Crippen LogP contribution < -0.4 is 5.32 Å². The van der Waals surface area contributed by atoms with E-state index in [-0.39, 0.29) is 25.1 Å². The van der Waals surface area contributed by atoms with E-state index in [0.29, 0.717) is 29.3 Å². The van der Waals surface area contributed by atoms with Gasteiger partial charge in [0, 0.05) is 24.6 Å². The summed E-state index contributed by atoms with van der Waals surface area (Å²) in [6, 6.07) is 13.3. The fourth-order valence-corrected chi connectivity index (χ4v) is 2.98. The van der Waals surface area contributed by atoms with E-state index in [2.05, 4.69) is 10.3 Å². The molecule has 1 aromatic heterocycles. The molecule has 1 N–H and O–H groups in total. The highest BCUT2D eigenvalue weighted by atomic mass is 19.1. The number of carbonyl (C=O) groups is 2. The Morgan fingerprint density at radius 1 is 1.17 bits per heavy atom. The molecule has 0 aliphatic carbocycles. The number of halogens is 1. The van der Waals surface area contributed by atoms with Gasteiger partial charge in [0.1, 0.15) is 12.4 Å². The molecule has 1 amide bonds. The molecule has 0 saturated carbocycles. The van der Waals surface area contributed by atoms with E-state index in [1.54, 1.807) is 13.0 Å². The lowest BCUT2D eigenvalue weighted by Crippen LogP contribution is -2.26. The smallest absolute Gasteiger partial charge is 0.307 e. The zero-order valence-electron chi connectivity index (χ0n) is 16.9. The first-order valence-electron chi connectivity index (χ1n) is 9.71. The Bertz CT molecular complexity index is 1030. The van der Waals surface area contributed by atoms with Crippen LogP contribution in [0.5, 0.6) is 0 Å². The van der Waals surface area contributed by atoms with Gasteiger partial charge in [0.05, 0.1) is 12.1 Å². The van der Waals surface area contributed by atoms with Gasteiger partial charge in [0.25, 0.3) is 5.91 Å². The molecule has 0 spiro atoms. The Labute approximate surface area is 174 Å². The zero-order chi connectivity index (χ0) is 21.5. The van der Waals surface area contributed by atoms with E-state index < -0.39 is 17.7 Å². The van der Waals surface area contributed by atoms with Gasteiger partial charge in [0.2, 0.25) is 0 Å². The molecule has 30 heavy (non-hydrogen) atoms. The lowest BCUT2D eigenvalue weighted by Gasteiger charge is -2.08. The summed E-state index contributed by atoms with van der Waals surface area (Å²) in [5, 5.41) is 2.62. The van der Waals surface area contributed by atoms with Gasteiger partial charge in [-0.1, -0.05) is 37.3 Å². The topological polar surface area (TPSA) is 81.4 Å². The molecule has 1 heterocycles. The number of esters is 1. The first-order valence-corrected chi connectivity index (χ1v) is 9.71. The highest BCUT2D eigenvalue weighted by Crippen LogP contribution is 2.27. The van der Waals surface area contributed by atoms with E-state index in [1.807, 2.05) is 37.3 Å². The fourth-order valence-electron chi connectivity index (χ4n) is 2.98. The molecule has 0 unspecified atom stereocenters. The van der Waals surface area contributed by atoms with Crippen LogP contribution in [-0.2, 0) is 22.6 Å². The summed E-state index contributed by atoms with van der Waals surface area (Å²) in [7, 11) is 0. The Morgan fingerprint density at radius 2 is 1.93 bits per heavy atom. The highest BCUT2D eigenvalue weighted by Gasteiger charge is 2.16. The minimum atomic E-state index is -0.559. The maximum Gasteiger partial charge on any atom is 0.307 e. The van der Waals surface area contributed by atoms with E-state index in [1.165, 1.54) is 6.07 Å². The van der Waals surface area contributed by atoms with Gasteiger partial charge in [-0.05, 0) is 30.2 Å². The lowest BCUT2D eigenvalue weighted by molar-refractivity contribution is -0.144. The quantitative estimate of drug-likeness (QED) is 0.563. The second kappa shape index (κ2) is 9.82. The number of rotatable bonds is 8. The van der Waals surface area contributed by atoms with Crippen LogP contribution in [0.15, 0.2) is 52.9 Å². The molecule has 0 radical (unpaired) electrons. The molecule has 3 aromatic rings. The normalized spacial score (nSPS) is 10.6. The van der Waals surface area contributed by atoms with Crippen molar-refractivity contribution in [3.8, 4) is 11.3 Å². The molecule has 0 aliphatic heterocycles. The van der Waals surface area contributed by atoms with Crippen LogP contribution >= 0.6 is 0 Å².